The zero-order valence-corrected chi connectivity index (χ0v) is 31.3. The van der Waals surface area contributed by atoms with Crippen LogP contribution in [0, 0.1) is 11.3 Å². The maximum atomic E-state index is 10.3. The molecule has 0 aliphatic heterocycles. The molecule has 0 N–H and O–H groups in total. The number of aromatic nitrogens is 4. The van der Waals surface area contributed by atoms with Crippen LogP contribution in [0.1, 0.15) is 5.56 Å². The number of nitrogens with zero attached hydrogens (tertiary/aromatic N) is 5. The number of benzene rings is 8. The van der Waals surface area contributed by atoms with Crippen LogP contribution in [0.15, 0.2) is 200 Å². The molecule has 58 heavy (non-hydrogen) atoms. The van der Waals surface area contributed by atoms with Gasteiger partial charge in [0.05, 0.1) is 34.1 Å². The molecule has 0 atom stereocenters. The van der Waals surface area contributed by atoms with Gasteiger partial charge in [0.15, 0.2) is 11.6 Å². The van der Waals surface area contributed by atoms with Crippen molar-refractivity contribution in [3.8, 4) is 84.7 Å². The minimum absolute atomic E-state index is 0.617. The van der Waals surface area contributed by atoms with E-state index in [-0.39, 0.29) is 0 Å². The van der Waals surface area contributed by atoms with E-state index in [9.17, 15) is 5.26 Å². The van der Waals surface area contributed by atoms with Gasteiger partial charge in [0.25, 0.3) is 0 Å². The zero-order chi connectivity index (χ0) is 38.8. The van der Waals surface area contributed by atoms with E-state index >= 15 is 0 Å². The predicted octanol–water partition coefficient (Wildman–Crippen LogP) is 13.1. The van der Waals surface area contributed by atoms with Crippen LogP contribution in [0.25, 0.3) is 100 Å². The Labute approximate surface area is 336 Å². The van der Waals surface area contributed by atoms with Crippen molar-refractivity contribution >= 4 is 21.8 Å². The summed E-state index contributed by atoms with van der Waals surface area (Å²) < 4.78 is 0. The first-order chi connectivity index (χ1) is 28.7. The van der Waals surface area contributed by atoms with Gasteiger partial charge in [0, 0.05) is 38.6 Å². The molecular weight excluding hydrogens is 707 g/mol. The molecule has 0 saturated heterocycles. The monoisotopic (exact) mass is 739 g/mol. The van der Waals surface area contributed by atoms with E-state index in [1.165, 1.54) is 0 Å². The van der Waals surface area contributed by atoms with E-state index in [4.69, 9.17) is 19.9 Å². The normalized spacial score (nSPS) is 11.1. The van der Waals surface area contributed by atoms with E-state index in [2.05, 4.69) is 84.9 Å². The van der Waals surface area contributed by atoms with Crippen LogP contribution in [0.2, 0.25) is 0 Å². The van der Waals surface area contributed by atoms with Crippen LogP contribution in [0.5, 0.6) is 0 Å². The minimum Gasteiger partial charge on any atom is -0.228 e. The fourth-order valence-corrected chi connectivity index (χ4v) is 7.76. The van der Waals surface area contributed by atoms with E-state index in [0.29, 0.717) is 17.2 Å². The Balaban J connectivity index is 1.08. The van der Waals surface area contributed by atoms with Gasteiger partial charge in [0.1, 0.15) is 0 Å². The number of para-hydroxylation sites is 2. The quantitative estimate of drug-likeness (QED) is 0.163. The highest BCUT2D eigenvalue weighted by molar-refractivity contribution is 5.99. The minimum atomic E-state index is 0.617. The second kappa shape index (κ2) is 14.9. The van der Waals surface area contributed by atoms with Crippen molar-refractivity contribution < 1.29 is 0 Å². The van der Waals surface area contributed by atoms with Crippen LogP contribution >= 0.6 is 0 Å². The fraction of sp³-hybridized carbons (Fsp3) is 0. The van der Waals surface area contributed by atoms with Crippen LogP contribution < -0.4 is 0 Å². The van der Waals surface area contributed by atoms with Crippen molar-refractivity contribution in [1.82, 2.24) is 19.9 Å². The Hall–Kier alpha value is -8.07. The molecule has 0 amide bonds. The Morgan fingerprint density at radius 1 is 0.310 bits per heavy atom. The summed E-state index contributed by atoms with van der Waals surface area (Å²) in [6.45, 7) is 0. The van der Waals surface area contributed by atoms with Gasteiger partial charge in [-0.1, -0.05) is 182 Å². The van der Waals surface area contributed by atoms with E-state index in [1.54, 1.807) is 0 Å². The molecule has 0 spiro atoms. The summed E-state index contributed by atoms with van der Waals surface area (Å²) in [7, 11) is 0. The van der Waals surface area contributed by atoms with Gasteiger partial charge in [-0.3, -0.25) is 0 Å². The van der Waals surface area contributed by atoms with Crippen LogP contribution in [-0.2, 0) is 0 Å². The second-order valence-electron chi connectivity index (χ2n) is 14.1. The predicted molar refractivity (Wildman–Crippen MR) is 235 cm³/mol. The Morgan fingerprint density at radius 2 is 0.707 bits per heavy atom. The van der Waals surface area contributed by atoms with Gasteiger partial charge in [-0.2, -0.15) is 5.26 Å². The highest BCUT2D eigenvalue weighted by Gasteiger charge is 2.19. The van der Waals surface area contributed by atoms with Gasteiger partial charge in [0.2, 0.25) is 0 Å². The fourth-order valence-electron chi connectivity index (χ4n) is 7.76. The lowest BCUT2D eigenvalue weighted by Gasteiger charge is -2.18. The van der Waals surface area contributed by atoms with Gasteiger partial charge < -0.3 is 0 Å². The summed E-state index contributed by atoms with van der Waals surface area (Å²) in [4.78, 5) is 20.0. The summed E-state index contributed by atoms with van der Waals surface area (Å²) in [6.07, 6.45) is 0. The molecule has 270 valence electrons. The second-order valence-corrected chi connectivity index (χ2v) is 14.1. The average Bonchev–Trinajstić information content (AvgIpc) is 3.31. The van der Waals surface area contributed by atoms with Gasteiger partial charge >= 0.3 is 0 Å². The van der Waals surface area contributed by atoms with Crippen LogP contribution in [0.3, 0.4) is 0 Å². The average molecular weight is 740 g/mol. The molecule has 0 aliphatic carbocycles. The molecule has 0 bridgehead atoms. The smallest absolute Gasteiger partial charge is 0.160 e. The highest BCUT2D eigenvalue weighted by Crippen LogP contribution is 2.43. The molecule has 0 aliphatic rings. The molecule has 10 rings (SSSR count). The lowest BCUT2D eigenvalue weighted by Crippen LogP contribution is -1.96. The summed E-state index contributed by atoms with van der Waals surface area (Å²) in [6, 6.07) is 70.3. The highest BCUT2D eigenvalue weighted by atomic mass is 14.9. The van der Waals surface area contributed by atoms with E-state index in [0.717, 1.165) is 88.8 Å². The van der Waals surface area contributed by atoms with Crippen molar-refractivity contribution in [3.05, 3.63) is 206 Å². The molecule has 10 aromatic rings. The number of nitriles is 1. The third-order valence-electron chi connectivity index (χ3n) is 10.6. The van der Waals surface area contributed by atoms with Crippen molar-refractivity contribution in [3.63, 3.8) is 0 Å². The lowest BCUT2D eigenvalue weighted by molar-refractivity contribution is 1.23. The third-order valence-corrected chi connectivity index (χ3v) is 10.6. The first kappa shape index (κ1) is 34.4. The summed E-state index contributed by atoms with van der Waals surface area (Å²) >= 11 is 0. The Bertz CT molecular complexity index is 2970. The van der Waals surface area contributed by atoms with Crippen molar-refractivity contribution in [2.24, 2.45) is 0 Å². The van der Waals surface area contributed by atoms with Crippen molar-refractivity contribution in [1.29, 1.82) is 5.26 Å². The topological polar surface area (TPSA) is 75.3 Å². The molecule has 5 nitrogen and oxygen atoms in total. The van der Waals surface area contributed by atoms with Gasteiger partial charge in [-0.15, -0.1) is 0 Å². The molecule has 0 fully saturated rings. The molecule has 2 heterocycles. The zero-order valence-electron chi connectivity index (χ0n) is 31.3. The standard InChI is InChI=1S/C53H33N5/c54-34-41-18-7-8-19-44(41)49-42(35-26-30-37(31-27-35)50-45-20-9-11-24-47(45)55-52(57-50)39-14-3-1-4-15-39)22-13-23-43(49)36-28-32-38(33-29-36)51-46-21-10-12-25-48(46)56-53(58-51)40-16-5-2-6-17-40/h1-33H. The maximum Gasteiger partial charge on any atom is 0.160 e. The van der Waals surface area contributed by atoms with E-state index in [1.807, 2.05) is 121 Å². The first-order valence-electron chi connectivity index (χ1n) is 19.2. The van der Waals surface area contributed by atoms with Crippen LogP contribution in [0.4, 0.5) is 0 Å². The summed E-state index contributed by atoms with van der Waals surface area (Å²) in [5.41, 5.74) is 14.1. The van der Waals surface area contributed by atoms with E-state index < -0.39 is 0 Å². The maximum absolute atomic E-state index is 10.3. The Morgan fingerprint density at radius 3 is 1.19 bits per heavy atom. The number of fused-ring (bicyclic) bond motifs is 2. The molecule has 8 aromatic carbocycles. The van der Waals surface area contributed by atoms with Gasteiger partial charge in [-0.05, 0) is 46.0 Å². The molecular formula is C53H33N5. The molecule has 2 aromatic heterocycles. The Kier molecular flexibility index (Phi) is 8.83. The first-order valence-corrected chi connectivity index (χ1v) is 19.2. The largest absolute Gasteiger partial charge is 0.228 e. The molecule has 0 saturated carbocycles. The SMILES string of the molecule is N#Cc1ccccc1-c1c(-c2ccc(-c3nc(-c4ccccc4)nc4ccccc34)cc2)cccc1-c1ccc(-c2nc(-c3ccccc3)nc3ccccc23)cc1. The summed E-state index contributed by atoms with van der Waals surface area (Å²) in [5.74, 6) is 1.38. The van der Waals surface area contributed by atoms with Crippen LogP contribution in [-0.4, -0.2) is 19.9 Å². The third kappa shape index (κ3) is 6.35. The van der Waals surface area contributed by atoms with Crippen molar-refractivity contribution in [2.45, 2.75) is 0 Å². The molecule has 5 heteroatoms. The van der Waals surface area contributed by atoms with Crippen molar-refractivity contribution in [2.75, 3.05) is 0 Å². The molecule has 0 radical (unpaired) electrons. The number of hydrogen-bond acceptors (Lipinski definition) is 5. The summed E-state index contributed by atoms with van der Waals surface area (Å²) in [5, 5.41) is 12.3. The number of hydrogen-bond donors (Lipinski definition) is 0. The molecule has 0 unspecified atom stereocenters. The lowest BCUT2D eigenvalue weighted by atomic mass is 9.85. The van der Waals surface area contributed by atoms with Gasteiger partial charge in [-0.25, -0.2) is 19.9 Å². The number of rotatable bonds is 7.